The van der Waals surface area contributed by atoms with Crippen LogP contribution in [0.15, 0.2) is 71.3 Å². The Morgan fingerprint density at radius 3 is 1.89 bits per heavy atom. The van der Waals surface area contributed by atoms with E-state index in [0.29, 0.717) is 0 Å². The maximum Gasteiger partial charge on any atom is 0.210 e. The van der Waals surface area contributed by atoms with E-state index in [4.69, 9.17) is 9.47 Å². The smallest absolute Gasteiger partial charge is 0.210 e. The van der Waals surface area contributed by atoms with Crippen molar-refractivity contribution in [3.63, 3.8) is 0 Å². The Labute approximate surface area is 203 Å². The highest BCUT2D eigenvalue weighted by Gasteiger charge is 2.96. The van der Waals surface area contributed by atoms with Crippen molar-refractivity contribution in [3.05, 3.63) is 71.3 Å². The van der Waals surface area contributed by atoms with Crippen molar-refractivity contribution in [1.82, 2.24) is 0 Å². The van der Waals surface area contributed by atoms with E-state index in [1.807, 2.05) is 0 Å². The maximum atomic E-state index is 14.2. The Balaban J connectivity index is 1.88. The van der Waals surface area contributed by atoms with E-state index in [1.54, 1.807) is 50.3 Å². The second-order valence-electron chi connectivity index (χ2n) is 10.4. The van der Waals surface area contributed by atoms with Crippen LogP contribution in [-0.2, 0) is 19.1 Å². The number of ether oxygens (including phenoxy) is 2. The molecule has 3 aliphatic carbocycles. The van der Waals surface area contributed by atoms with Gasteiger partial charge in [0.25, 0.3) is 0 Å². The van der Waals surface area contributed by atoms with Gasteiger partial charge in [-0.3, -0.25) is 9.59 Å². The Morgan fingerprint density at radius 1 is 0.800 bits per heavy atom. The van der Waals surface area contributed by atoms with Gasteiger partial charge in [0.2, 0.25) is 11.6 Å². The molecule has 3 saturated carbocycles. The third kappa shape index (κ3) is 2.28. The number of ketones is 2. The lowest BCUT2D eigenvalue weighted by Crippen LogP contribution is -2.72. The summed E-state index contributed by atoms with van der Waals surface area (Å²) in [5, 5.41) is 46.0. The van der Waals surface area contributed by atoms with Crippen LogP contribution in [0.5, 0.6) is 0 Å². The molecule has 2 aliphatic heterocycles. The fourth-order valence-corrected chi connectivity index (χ4v) is 7.40. The first-order valence-corrected chi connectivity index (χ1v) is 11.7. The first-order valence-electron chi connectivity index (χ1n) is 11.7. The summed E-state index contributed by atoms with van der Waals surface area (Å²) in [6.45, 7) is 8.01. The molecule has 8 heteroatoms. The first-order chi connectivity index (χ1) is 16.3. The van der Waals surface area contributed by atoms with Crippen molar-refractivity contribution in [2.75, 3.05) is 0 Å². The van der Waals surface area contributed by atoms with Gasteiger partial charge in [-0.15, -0.1) is 0 Å². The van der Waals surface area contributed by atoms with E-state index in [1.165, 1.54) is 32.9 Å². The van der Waals surface area contributed by atoms with E-state index in [0.717, 1.165) is 0 Å². The third-order valence-corrected chi connectivity index (χ3v) is 8.82. The van der Waals surface area contributed by atoms with E-state index in [9.17, 15) is 30.0 Å². The van der Waals surface area contributed by atoms with Crippen molar-refractivity contribution in [2.45, 2.75) is 57.4 Å². The lowest BCUT2D eigenvalue weighted by molar-refractivity contribution is -0.445. The quantitative estimate of drug-likeness (QED) is 0.273. The average Bonchev–Trinajstić information content (AvgIpc) is 3.14. The second-order valence-corrected chi connectivity index (χ2v) is 10.4. The lowest BCUT2D eigenvalue weighted by Gasteiger charge is -2.55. The van der Waals surface area contributed by atoms with Crippen molar-refractivity contribution < 1.29 is 39.5 Å². The van der Waals surface area contributed by atoms with Crippen LogP contribution in [0.1, 0.15) is 34.6 Å². The summed E-state index contributed by atoms with van der Waals surface area (Å²) in [6.07, 6.45) is 12.6. The summed E-state index contributed by atoms with van der Waals surface area (Å²) in [6, 6.07) is 0. The summed E-state index contributed by atoms with van der Waals surface area (Å²) < 4.78 is 12.3. The number of allylic oxidation sites excluding steroid dienone is 8. The fourth-order valence-electron chi connectivity index (χ4n) is 7.40. The number of hydrogen-bond acceptors (Lipinski definition) is 8. The first kappa shape index (κ1) is 23.9. The van der Waals surface area contributed by atoms with Crippen LogP contribution in [0, 0.1) is 23.2 Å². The predicted octanol–water partition coefficient (Wildman–Crippen LogP) is 2.86. The van der Waals surface area contributed by atoms with Gasteiger partial charge in [0.15, 0.2) is 11.6 Å². The van der Waals surface area contributed by atoms with Crippen LogP contribution in [0.3, 0.4) is 0 Å². The summed E-state index contributed by atoms with van der Waals surface area (Å²) in [5.41, 5.74) is -5.52. The minimum Gasteiger partial charge on any atom is -0.508 e. The van der Waals surface area contributed by atoms with E-state index in [-0.39, 0.29) is 22.7 Å². The van der Waals surface area contributed by atoms with E-state index in [2.05, 4.69) is 0 Å². The van der Waals surface area contributed by atoms with Gasteiger partial charge in [-0.05, 0) is 46.8 Å². The molecule has 4 N–H and O–H groups in total. The maximum absolute atomic E-state index is 14.2. The lowest BCUT2D eigenvalue weighted by atomic mass is 9.43. The number of aliphatic hydroxyl groups is 4. The molecule has 0 amide bonds. The summed E-state index contributed by atoms with van der Waals surface area (Å²) >= 11 is 0. The molecule has 35 heavy (non-hydrogen) atoms. The van der Waals surface area contributed by atoms with E-state index >= 15 is 0 Å². The fraction of sp³-hybridized carbons (Fsp3) is 0.481. The molecule has 0 spiro atoms. The highest BCUT2D eigenvalue weighted by molar-refractivity contribution is 6.12. The summed E-state index contributed by atoms with van der Waals surface area (Å²) in [7, 11) is 0. The van der Waals surface area contributed by atoms with Crippen molar-refractivity contribution in [3.8, 4) is 0 Å². The van der Waals surface area contributed by atoms with Crippen LogP contribution in [0.25, 0.3) is 0 Å². The zero-order valence-electron chi connectivity index (χ0n) is 20.3. The highest BCUT2D eigenvalue weighted by Crippen LogP contribution is 2.80. The number of carbonyl (C=O) groups excluding carboxylic acids is 2. The van der Waals surface area contributed by atoms with Gasteiger partial charge in [-0.1, -0.05) is 36.5 Å². The molecule has 2 saturated heterocycles. The second kappa shape index (κ2) is 6.91. The minimum atomic E-state index is -2.24. The minimum absolute atomic E-state index is 0.102. The predicted molar refractivity (Wildman–Crippen MR) is 125 cm³/mol. The Kier molecular flexibility index (Phi) is 4.73. The Morgan fingerprint density at radius 2 is 1.34 bits per heavy atom. The number of hydrogen-bond donors (Lipinski definition) is 4. The number of rotatable bonds is 4. The molecular formula is C27H30O8. The largest absolute Gasteiger partial charge is 0.508 e. The van der Waals surface area contributed by atoms with Gasteiger partial charge in [-0.2, -0.15) is 0 Å². The molecule has 5 aliphatic rings. The van der Waals surface area contributed by atoms with Crippen LogP contribution >= 0.6 is 0 Å². The number of aliphatic hydroxyl groups excluding tert-OH is 2. The van der Waals surface area contributed by atoms with Gasteiger partial charge in [-0.25, -0.2) is 0 Å². The molecule has 0 aromatic heterocycles. The molecular weight excluding hydrogens is 452 g/mol. The zero-order chi connectivity index (χ0) is 25.8. The van der Waals surface area contributed by atoms with Crippen LogP contribution < -0.4 is 0 Å². The van der Waals surface area contributed by atoms with Gasteiger partial charge in [0, 0.05) is 23.0 Å². The molecule has 8 atom stereocenters. The molecule has 186 valence electrons. The molecule has 2 unspecified atom stereocenters. The Bertz CT molecular complexity index is 1200. The van der Waals surface area contributed by atoms with Crippen LogP contribution in [0.4, 0.5) is 0 Å². The van der Waals surface area contributed by atoms with Crippen molar-refractivity contribution >= 4 is 11.6 Å². The molecule has 0 aromatic carbocycles. The average molecular weight is 483 g/mol. The van der Waals surface area contributed by atoms with Crippen molar-refractivity contribution in [1.29, 1.82) is 0 Å². The molecule has 5 fully saturated rings. The van der Waals surface area contributed by atoms with Gasteiger partial charge >= 0.3 is 0 Å². The SMILES string of the molecule is C/C=C/C=C/C(O)=C1/C(=O)[C@@]2(C)C3\C(=C(O)/C=C/C=C/C)C(=O)[C@H]4C1[C@]1(C)O[C@@]4(O)[C@@]3(C)O[C@@]12O. The monoisotopic (exact) mass is 482 g/mol. The molecule has 0 radical (unpaired) electrons. The molecule has 2 heterocycles. The third-order valence-electron chi connectivity index (χ3n) is 8.82. The standard InChI is InChI=1S/C27H30O8/c1-6-8-10-12-14(28)16-18-19-20(30)17(15(29)13-11-9-7-2)21-23(3,22(16)31)27(33)24(18,4)34-26(19,32)25(21,5)35-27/h6-13,18-19,21,28-29,32-33H,1-5H3/b8-6+,9-7+,12-10+,13-11+,16-14-,17-15+/t18?,19-,21?,23-,24+,25+,26-,27-/m1/s1. The number of Topliss-reactive ketones (excluding diaryl/α,β-unsaturated/α-hetero) is 2. The summed E-state index contributed by atoms with van der Waals surface area (Å²) in [5.74, 6) is -10.3. The molecule has 0 aromatic rings. The molecule has 8 nitrogen and oxygen atoms in total. The zero-order valence-corrected chi connectivity index (χ0v) is 20.3. The van der Waals surface area contributed by atoms with Gasteiger partial charge in [0.05, 0.1) is 11.3 Å². The van der Waals surface area contributed by atoms with E-state index < -0.39 is 57.5 Å². The Hall–Kier alpha value is -2.78. The van der Waals surface area contributed by atoms with Crippen molar-refractivity contribution in [2.24, 2.45) is 23.2 Å². The topological polar surface area (TPSA) is 134 Å². The molecule has 8 bridgehead atoms. The summed E-state index contributed by atoms with van der Waals surface area (Å²) in [4.78, 5) is 28.2. The normalized spacial score (nSPS) is 50.8. The number of carbonyl (C=O) groups is 2. The van der Waals surface area contributed by atoms with Crippen LogP contribution in [-0.4, -0.2) is 54.8 Å². The van der Waals surface area contributed by atoms with Gasteiger partial charge < -0.3 is 29.9 Å². The highest BCUT2D eigenvalue weighted by atomic mass is 16.8. The molecule has 5 rings (SSSR count). The van der Waals surface area contributed by atoms with Crippen LogP contribution in [0.2, 0.25) is 0 Å². The van der Waals surface area contributed by atoms with Gasteiger partial charge in [0.1, 0.15) is 22.7 Å².